The lowest BCUT2D eigenvalue weighted by molar-refractivity contribution is 0.301. The molecule has 0 spiro atoms. The fourth-order valence-electron chi connectivity index (χ4n) is 4.73. The van der Waals surface area contributed by atoms with Crippen LogP contribution in [0, 0.1) is 11.8 Å². The first kappa shape index (κ1) is 20.8. The molecule has 0 aromatic heterocycles. The summed E-state index contributed by atoms with van der Waals surface area (Å²) in [5, 5.41) is 7.88. The average Bonchev–Trinajstić information content (AvgIpc) is 3.21. The number of nitrogens with zero attached hydrogens (tertiary/aromatic N) is 2. The Morgan fingerprint density at radius 1 is 1.22 bits per heavy atom. The highest BCUT2D eigenvalue weighted by atomic mass is 31.1. The van der Waals surface area contributed by atoms with E-state index in [9.17, 15) is 0 Å². The molecule has 1 saturated heterocycles. The van der Waals surface area contributed by atoms with Gasteiger partial charge in [0, 0.05) is 17.8 Å². The van der Waals surface area contributed by atoms with Crippen LogP contribution in [-0.4, -0.2) is 29.1 Å². The monoisotopic (exact) mass is 386 g/mol. The van der Waals surface area contributed by atoms with Crippen molar-refractivity contribution < 1.29 is 0 Å². The van der Waals surface area contributed by atoms with Crippen LogP contribution in [0.2, 0.25) is 0 Å². The normalized spacial score (nSPS) is 29.0. The summed E-state index contributed by atoms with van der Waals surface area (Å²) in [5.74, 6) is 1.19. The minimum atomic E-state index is 0.512. The molecule has 0 amide bonds. The Labute approximate surface area is 169 Å². The molecule has 2 fully saturated rings. The van der Waals surface area contributed by atoms with E-state index in [1.807, 2.05) is 0 Å². The highest BCUT2D eigenvalue weighted by Crippen LogP contribution is 2.35. The third-order valence-electron chi connectivity index (χ3n) is 6.61. The Bertz CT molecular complexity index is 616. The fourth-order valence-corrected chi connectivity index (χ4v) is 6.19. The summed E-state index contributed by atoms with van der Waals surface area (Å²) in [6.45, 7) is 9.08. The summed E-state index contributed by atoms with van der Waals surface area (Å²) in [6.07, 6.45) is 20.3. The van der Waals surface area contributed by atoms with Gasteiger partial charge in [-0.3, -0.25) is 5.01 Å². The van der Waals surface area contributed by atoms with Crippen LogP contribution < -0.4 is 0 Å². The van der Waals surface area contributed by atoms with E-state index in [-0.39, 0.29) is 0 Å². The second kappa shape index (κ2) is 10.1. The SMILES string of the molecule is CC/C(C)=C\N(/N=C(/C1CCCCC1)C1CC=C(C)C=C1C)C1CCPC1. The van der Waals surface area contributed by atoms with E-state index < -0.39 is 0 Å². The van der Waals surface area contributed by atoms with Crippen molar-refractivity contribution in [2.45, 2.75) is 85.1 Å². The first-order valence-corrected chi connectivity index (χ1v) is 12.6. The maximum atomic E-state index is 5.48. The summed E-state index contributed by atoms with van der Waals surface area (Å²) >= 11 is 0. The molecule has 0 aromatic rings. The van der Waals surface area contributed by atoms with Gasteiger partial charge in [-0.1, -0.05) is 55.1 Å². The maximum Gasteiger partial charge on any atom is 0.0559 e. The van der Waals surface area contributed by atoms with E-state index in [0.29, 0.717) is 17.9 Å². The zero-order valence-electron chi connectivity index (χ0n) is 17.9. The molecule has 27 heavy (non-hydrogen) atoms. The van der Waals surface area contributed by atoms with Gasteiger partial charge in [-0.2, -0.15) is 5.10 Å². The third kappa shape index (κ3) is 5.57. The van der Waals surface area contributed by atoms with Gasteiger partial charge in [-0.25, -0.2) is 0 Å². The summed E-state index contributed by atoms with van der Waals surface area (Å²) in [7, 11) is 1.12. The van der Waals surface area contributed by atoms with Gasteiger partial charge in [0.1, 0.15) is 0 Å². The molecule has 0 radical (unpaired) electrons. The molecule has 0 aromatic carbocycles. The van der Waals surface area contributed by atoms with Gasteiger partial charge in [0.2, 0.25) is 0 Å². The van der Waals surface area contributed by atoms with Crippen LogP contribution >= 0.6 is 8.58 Å². The lowest BCUT2D eigenvalue weighted by atomic mass is 9.76. The molecule has 3 atom stereocenters. The predicted molar refractivity (Wildman–Crippen MR) is 122 cm³/mol. The Morgan fingerprint density at radius 2 is 2.00 bits per heavy atom. The molecule has 3 aliphatic rings. The Hall–Kier alpha value is -0.880. The molecule has 150 valence electrons. The molecule has 2 aliphatic carbocycles. The van der Waals surface area contributed by atoms with Crippen LogP contribution in [0.5, 0.6) is 0 Å². The van der Waals surface area contributed by atoms with Crippen molar-refractivity contribution in [2.24, 2.45) is 16.9 Å². The number of allylic oxidation sites excluding steroid dienone is 5. The molecular weight excluding hydrogens is 347 g/mol. The van der Waals surface area contributed by atoms with Gasteiger partial charge in [0.05, 0.1) is 6.04 Å². The first-order chi connectivity index (χ1) is 13.1. The van der Waals surface area contributed by atoms with Gasteiger partial charge in [0.25, 0.3) is 0 Å². The number of hydrazone groups is 1. The second-order valence-corrected chi connectivity index (χ2v) is 10.2. The largest absolute Gasteiger partial charge is 0.269 e. The second-order valence-electron chi connectivity index (χ2n) is 8.84. The van der Waals surface area contributed by atoms with Crippen molar-refractivity contribution in [2.75, 3.05) is 12.3 Å². The van der Waals surface area contributed by atoms with E-state index in [0.717, 1.165) is 21.4 Å². The molecule has 2 nitrogen and oxygen atoms in total. The number of rotatable bonds is 6. The van der Waals surface area contributed by atoms with Gasteiger partial charge >= 0.3 is 0 Å². The van der Waals surface area contributed by atoms with Crippen LogP contribution in [0.25, 0.3) is 0 Å². The molecule has 0 bridgehead atoms. The van der Waals surface area contributed by atoms with Crippen LogP contribution in [0.3, 0.4) is 0 Å². The van der Waals surface area contributed by atoms with Crippen molar-refractivity contribution in [1.82, 2.24) is 5.01 Å². The van der Waals surface area contributed by atoms with Crippen molar-refractivity contribution in [3.8, 4) is 0 Å². The topological polar surface area (TPSA) is 15.6 Å². The van der Waals surface area contributed by atoms with Crippen molar-refractivity contribution >= 4 is 14.3 Å². The minimum absolute atomic E-state index is 0.512. The third-order valence-corrected chi connectivity index (χ3v) is 8.01. The van der Waals surface area contributed by atoms with Gasteiger partial charge in [0.15, 0.2) is 0 Å². The lowest BCUT2D eigenvalue weighted by Gasteiger charge is -2.33. The Kier molecular flexibility index (Phi) is 7.76. The van der Waals surface area contributed by atoms with Crippen molar-refractivity contribution in [3.05, 3.63) is 35.1 Å². The first-order valence-electron chi connectivity index (χ1n) is 11.2. The standard InChI is InChI=1S/C24H39N2P/c1-5-18(2)16-26(22-13-14-27-17-22)25-24(21-9-7-6-8-10-21)23-12-11-19(3)15-20(23)4/h11,15-16,21-23,27H,5-10,12-14,17H2,1-4H3/b18-16-,25-24-. The van der Waals surface area contributed by atoms with Crippen LogP contribution in [0.1, 0.15) is 79.1 Å². The molecular formula is C24H39N2P. The Morgan fingerprint density at radius 3 is 2.63 bits per heavy atom. The van der Waals surface area contributed by atoms with Crippen molar-refractivity contribution in [1.29, 1.82) is 0 Å². The molecule has 1 heterocycles. The summed E-state index contributed by atoms with van der Waals surface area (Å²) < 4.78 is 0. The zero-order chi connectivity index (χ0) is 19.2. The molecule has 3 rings (SSSR count). The molecule has 3 unspecified atom stereocenters. The molecule has 1 aliphatic heterocycles. The van der Waals surface area contributed by atoms with Crippen LogP contribution in [0.15, 0.2) is 40.2 Å². The lowest BCUT2D eigenvalue weighted by Crippen LogP contribution is -2.33. The Balaban J connectivity index is 1.94. The molecule has 1 saturated carbocycles. The van der Waals surface area contributed by atoms with E-state index in [2.05, 4.69) is 51.1 Å². The summed E-state index contributed by atoms with van der Waals surface area (Å²) in [4.78, 5) is 0. The fraction of sp³-hybridized carbons (Fsp3) is 0.708. The maximum absolute atomic E-state index is 5.48. The van der Waals surface area contributed by atoms with Gasteiger partial charge in [-0.05, 0) is 71.1 Å². The highest BCUT2D eigenvalue weighted by molar-refractivity contribution is 7.38. The summed E-state index contributed by atoms with van der Waals surface area (Å²) in [5.41, 5.74) is 5.87. The van der Waals surface area contributed by atoms with E-state index >= 15 is 0 Å². The zero-order valence-corrected chi connectivity index (χ0v) is 18.9. The van der Waals surface area contributed by atoms with Crippen LogP contribution in [-0.2, 0) is 0 Å². The smallest absolute Gasteiger partial charge is 0.0559 e. The van der Waals surface area contributed by atoms with E-state index in [1.54, 1.807) is 0 Å². The molecule has 3 heteroatoms. The van der Waals surface area contributed by atoms with Gasteiger partial charge < -0.3 is 0 Å². The highest BCUT2D eigenvalue weighted by Gasteiger charge is 2.30. The van der Waals surface area contributed by atoms with Crippen LogP contribution in [0.4, 0.5) is 0 Å². The predicted octanol–water partition coefficient (Wildman–Crippen LogP) is 6.90. The van der Waals surface area contributed by atoms with E-state index in [4.69, 9.17) is 5.10 Å². The number of hydrogen-bond donors (Lipinski definition) is 0. The van der Waals surface area contributed by atoms with Gasteiger partial charge in [-0.15, -0.1) is 8.58 Å². The average molecular weight is 387 g/mol. The van der Waals surface area contributed by atoms with E-state index in [1.165, 1.54) is 73.3 Å². The summed E-state index contributed by atoms with van der Waals surface area (Å²) in [6, 6.07) is 0.619. The minimum Gasteiger partial charge on any atom is -0.269 e. The molecule has 0 N–H and O–H groups in total. The number of hydrogen-bond acceptors (Lipinski definition) is 2. The quantitative estimate of drug-likeness (QED) is 0.275. The van der Waals surface area contributed by atoms with Crippen molar-refractivity contribution in [3.63, 3.8) is 0 Å².